The van der Waals surface area contributed by atoms with Crippen LogP contribution >= 0.6 is 0 Å². The normalized spacial score (nSPS) is 18.1. The molecule has 1 aliphatic heterocycles. The zero-order chi connectivity index (χ0) is 17.2. The van der Waals surface area contributed by atoms with Gasteiger partial charge in [0.05, 0.1) is 18.3 Å². The molecule has 2 aromatic rings. The first-order valence-corrected chi connectivity index (χ1v) is 7.80. The van der Waals surface area contributed by atoms with Crippen LogP contribution in [0, 0.1) is 0 Å². The van der Waals surface area contributed by atoms with E-state index >= 15 is 0 Å². The predicted molar refractivity (Wildman–Crippen MR) is 87.7 cm³/mol. The number of ether oxygens (including phenoxy) is 1. The Morgan fingerprint density at radius 1 is 1.12 bits per heavy atom. The van der Waals surface area contributed by atoms with Crippen LogP contribution in [0.3, 0.4) is 0 Å². The highest BCUT2D eigenvalue weighted by molar-refractivity contribution is 5.59. The summed E-state index contributed by atoms with van der Waals surface area (Å²) in [5.41, 5.74) is 6.61. The molecule has 1 atom stereocenters. The molecule has 6 heteroatoms. The molecule has 0 amide bonds. The van der Waals surface area contributed by atoms with Crippen LogP contribution in [0.4, 0.5) is 24.5 Å². The lowest BCUT2D eigenvalue weighted by Crippen LogP contribution is -2.23. The lowest BCUT2D eigenvalue weighted by Gasteiger charge is -2.21. The van der Waals surface area contributed by atoms with Gasteiger partial charge in [-0.3, -0.25) is 0 Å². The number of rotatable bonds is 4. The van der Waals surface area contributed by atoms with E-state index in [0.29, 0.717) is 25.4 Å². The first kappa shape index (κ1) is 16.6. The molecule has 0 spiro atoms. The smallest absolute Gasteiger partial charge is 0.399 e. The highest BCUT2D eigenvalue weighted by Gasteiger charge is 2.32. The van der Waals surface area contributed by atoms with Crippen molar-refractivity contribution in [2.45, 2.75) is 25.3 Å². The third-order valence-electron chi connectivity index (χ3n) is 4.11. The van der Waals surface area contributed by atoms with Crippen molar-refractivity contribution in [1.29, 1.82) is 0 Å². The first-order valence-electron chi connectivity index (χ1n) is 7.80. The fraction of sp³-hybridized carbons (Fsp3) is 0.333. The zero-order valence-corrected chi connectivity index (χ0v) is 13.1. The van der Waals surface area contributed by atoms with Crippen molar-refractivity contribution in [2.24, 2.45) is 0 Å². The van der Waals surface area contributed by atoms with E-state index in [9.17, 15) is 13.2 Å². The Kier molecular flexibility index (Phi) is 4.66. The van der Waals surface area contributed by atoms with Gasteiger partial charge in [0.1, 0.15) is 0 Å². The Morgan fingerprint density at radius 2 is 1.88 bits per heavy atom. The molecule has 0 saturated carbocycles. The van der Waals surface area contributed by atoms with E-state index in [1.165, 1.54) is 0 Å². The summed E-state index contributed by atoms with van der Waals surface area (Å²) in [6.45, 7) is 1.72. The Morgan fingerprint density at radius 3 is 2.58 bits per heavy atom. The van der Waals surface area contributed by atoms with Gasteiger partial charge in [-0.1, -0.05) is 30.3 Å². The lowest BCUT2D eigenvalue weighted by molar-refractivity contribution is -0.137. The van der Waals surface area contributed by atoms with E-state index in [0.717, 1.165) is 24.1 Å². The topological polar surface area (TPSA) is 38.5 Å². The Labute approximate surface area is 138 Å². The van der Waals surface area contributed by atoms with Crippen molar-refractivity contribution in [3.05, 3.63) is 59.7 Å². The number of nitrogen functional groups attached to an aromatic ring is 1. The highest BCUT2D eigenvalue weighted by Crippen LogP contribution is 2.34. The summed E-state index contributed by atoms with van der Waals surface area (Å²) in [7, 11) is 0. The van der Waals surface area contributed by atoms with Crippen molar-refractivity contribution in [3.8, 4) is 0 Å². The number of hydrogen-bond acceptors (Lipinski definition) is 3. The molecule has 0 aliphatic carbocycles. The molecule has 1 aliphatic rings. The molecule has 0 bridgehead atoms. The quantitative estimate of drug-likeness (QED) is 0.855. The summed E-state index contributed by atoms with van der Waals surface area (Å²) in [6, 6.07) is 13.5. The Balaban J connectivity index is 1.64. The molecule has 1 saturated heterocycles. The van der Waals surface area contributed by atoms with Gasteiger partial charge >= 0.3 is 6.18 Å². The van der Waals surface area contributed by atoms with Crippen LogP contribution in [0.5, 0.6) is 0 Å². The number of alkyl halides is 3. The van der Waals surface area contributed by atoms with Crippen molar-refractivity contribution in [1.82, 2.24) is 0 Å². The van der Waals surface area contributed by atoms with Crippen molar-refractivity contribution in [2.75, 3.05) is 23.7 Å². The van der Waals surface area contributed by atoms with Gasteiger partial charge in [0.2, 0.25) is 0 Å². The van der Waals surface area contributed by atoms with Gasteiger partial charge in [-0.25, -0.2) is 0 Å². The van der Waals surface area contributed by atoms with Crippen LogP contribution < -0.4 is 10.6 Å². The number of anilines is 2. The van der Waals surface area contributed by atoms with Crippen molar-refractivity contribution >= 4 is 11.4 Å². The van der Waals surface area contributed by atoms with E-state index < -0.39 is 11.7 Å². The largest absolute Gasteiger partial charge is 0.416 e. The van der Waals surface area contributed by atoms with Crippen molar-refractivity contribution in [3.63, 3.8) is 0 Å². The zero-order valence-electron chi connectivity index (χ0n) is 13.1. The summed E-state index contributed by atoms with van der Waals surface area (Å²) in [5, 5.41) is 0. The van der Waals surface area contributed by atoms with Crippen LogP contribution in [0.1, 0.15) is 17.5 Å². The van der Waals surface area contributed by atoms with Crippen LogP contribution in [0.15, 0.2) is 48.5 Å². The second-order valence-corrected chi connectivity index (χ2v) is 5.96. The Hall–Kier alpha value is -2.21. The maximum absolute atomic E-state index is 12.9. The maximum atomic E-state index is 12.9. The predicted octanol–water partition coefficient (Wildman–Crippen LogP) is 4.08. The average molecular weight is 336 g/mol. The minimum Gasteiger partial charge on any atom is -0.399 e. The van der Waals surface area contributed by atoms with Crippen LogP contribution in [0.25, 0.3) is 0 Å². The third-order valence-corrected chi connectivity index (χ3v) is 4.11. The van der Waals surface area contributed by atoms with E-state index in [1.807, 2.05) is 35.2 Å². The van der Waals surface area contributed by atoms with Gasteiger partial charge in [0, 0.05) is 24.5 Å². The van der Waals surface area contributed by atoms with Gasteiger partial charge in [-0.15, -0.1) is 0 Å². The number of nitrogens with two attached hydrogens (primary N) is 1. The van der Waals surface area contributed by atoms with Gasteiger partial charge in [-0.2, -0.15) is 13.2 Å². The molecule has 3 nitrogen and oxygen atoms in total. The molecule has 24 heavy (non-hydrogen) atoms. The third kappa shape index (κ3) is 4.00. The van der Waals surface area contributed by atoms with E-state index in [2.05, 4.69) is 0 Å². The van der Waals surface area contributed by atoms with Crippen molar-refractivity contribution < 1.29 is 17.9 Å². The molecule has 0 aromatic heterocycles. The molecule has 1 fully saturated rings. The Bertz CT molecular complexity index is 688. The monoisotopic (exact) mass is 336 g/mol. The first-order chi connectivity index (χ1) is 11.4. The van der Waals surface area contributed by atoms with Gasteiger partial charge < -0.3 is 15.4 Å². The number of hydrogen-bond donors (Lipinski definition) is 1. The molecule has 128 valence electrons. The van der Waals surface area contributed by atoms with Gasteiger partial charge in [0.25, 0.3) is 0 Å². The molecule has 2 N–H and O–H groups in total. The second-order valence-electron chi connectivity index (χ2n) is 5.96. The molecule has 3 rings (SSSR count). The highest BCUT2D eigenvalue weighted by atomic mass is 19.4. The molecular formula is C18H19F3N2O. The second kappa shape index (κ2) is 6.73. The number of nitrogens with zero attached hydrogens (tertiary/aromatic N) is 1. The van der Waals surface area contributed by atoms with Gasteiger partial charge in [0.15, 0.2) is 0 Å². The average Bonchev–Trinajstić information content (AvgIpc) is 3.01. The molecule has 0 unspecified atom stereocenters. The fourth-order valence-electron chi connectivity index (χ4n) is 2.87. The summed E-state index contributed by atoms with van der Waals surface area (Å²) in [4.78, 5) is 1.89. The van der Waals surface area contributed by atoms with Crippen LogP contribution in [-0.2, 0) is 17.5 Å². The fourth-order valence-corrected chi connectivity index (χ4v) is 2.87. The number of benzene rings is 2. The molecule has 0 radical (unpaired) electrons. The lowest BCUT2D eigenvalue weighted by atomic mass is 10.1. The van der Waals surface area contributed by atoms with E-state index in [4.69, 9.17) is 10.5 Å². The van der Waals surface area contributed by atoms with Crippen LogP contribution in [0.2, 0.25) is 0 Å². The van der Waals surface area contributed by atoms with E-state index in [1.54, 1.807) is 6.07 Å². The minimum atomic E-state index is -4.40. The van der Waals surface area contributed by atoms with E-state index in [-0.39, 0.29) is 11.8 Å². The minimum absolute atomic E-state index is 0.000901. The molecule has 2 aromatic carbocycles. The van der Waals surface area contributed by atoms with Crippen LogP contribution in [-0.4, -0.2) is 19.2 Å². The van der Waals surface area contributed by atoms with Gasteiger partial charge in [-0.05, 0) is 30.2 Å². The number of halogens is 3. The summed E-state index contributed by atoms with van der Waals surface area (Å²) < 4.78 is 44.6. The molecular weight excluding hydrogens is 317 g/mol. The summed E-state index contributed by atoms with van der Waals surface area (Å²) >= 11 is 0. The SMILES string of the molecule is Nc1cc(N2CC[C@@H](OCc3ccccc3)C2)cc(C(F)(F)F)c1. The molecule has 1 heterocycles. The standard InChI is InChI=1S/C18H19F3N2O/c19-18(20,21)14-8-15(22)10-16(9-14)23-7-6-17(11-23)24-12-13-4-2-1-3-5-13/h1-5,8-10,17H,6-7,11-12,22H2/t17-/m1/s1. The summed E-state index contributed by atoms with van der Waals surface area (Å²) in [5.74, 6) is 0. The summed E-state index contributed by atoms with van der Waals surface area (Å²) in [6.07, 6.45) is -3.61. The maximum Gasteiger partial charge on any atom is 0.416 e.